The van der Waals surface area contributed by atoms with Crippen molar-refractivity contribution in [3.8, 4) is 10.6 Å². The summed E-state index contributed by atoms with van der Waals surface area (Å²) in [7, 11) is 1.81. The number of hydrogen-bond acceptors (Lipinski definition) is 5. The second-order valence-electron chi connectivity index (χ2n) is 4.37. The Morgan fingerprint density at radius 2 is 2.19 bits per heavy atom. The molecule has 2 rings (SSSR count). The molecule has 0 saturated heterocycles. The molecule has 0 saturated carbocycles. The summed E-state index contributed by atoms with van der Waals surface area (Å²) in [5.41, 5.74) is 0.888. The Kier molecular flexibility index (Phi) is 7.04. The van der Waals surface area contributed by atoms with E-state index in [9.17, 15) is 4.79 Å². The summed E-state index contributed by atoms with van der Waals surface area (Å²) >= 11 is 7.27. The first-order valence-electron chi connectivity index (χ1n) is 6.15. The number of aromatic nitrogens is 2. The number of nitrogens with one attached hydrogen (secondary N) is 2. The van der Waals surface area contributed by atoms with Gasteiger partial charge in [-0.3, -0.25) is 4.79 Å². The van der Waals surface area contributed by atoms with Gasteiger partial charge in [-0.15, -0.1) is 22.6 Å². The molecule has 1 aromatic heterocycles. The molecule has 1 unspecified atom stereocenters. The third-order valence-electron chi connectivity index (χ3n) is 2.68. The highest BCUT2D eigenvalue weighted by atomic mass is 35.5. The van der Waals surface area contributed by atoms with Crippen LogP contribution in [0.4, 0.5) is 5.13 Å². The van der Waals surface area contributed by atoms with Crippen molar-refractivity contribution >= 4 is 46.4 Å². The minimum absolute atomic E-state index is 0. The van der Waals surface area contributed by atoms with Crippen molar-refractivity contribution in [1.82, 2.24) is 15.5 Å². The lowest BCUT2D eigenvalue weighted by Gasteiger charge is -2.08. The highest BCUT2D eigenvalue weighted by molar-refractivity contribution is 7.18. The molecular weight excluding hydrogens is 331 g/mol. The van der Waals surface area contributed by atoms with Gasteiger partial charge in [-0.2, -0.15) is 0 Å². The van der Waals surface area contributed by atoms with Crippen LogP contribution >= 0.6 is 35.3 Å². The maximum Gasteiger partial charge on any atom is 0.230 e. The molecular formula is C13H16Cl2N4OS. The second kappa shape index (κ2) is 8.29. The van der Waals surface area contributed by atoms with Crippen LogP contribution in [0.2, 0.25) is 5.02 Å². The Balaban J connectivity index is 0.00000220. The molecule has 1 heterocycles. The molecule has 1 aromatic carbocycles. The largest absolute Gasteiger partial charge is 0.319 e. The summed E-state index contributed by atoms with van der Waals surface area (Å²) < 4.78 is 0. The molecule has 1 amide bonds. The predicted octanol–water partition coefficient (Wildman–Crippen LogP) is 3.07. The number of anilines is 1. The molecule has 0 fully saturated rings. The zero-order chi connectivity index (χ0) is 14.5. The highest BCUT2D eigenvalue weighted by Gasteiger charge is 2.15. The van der Waals surface area contributed by atoms with Gasteiger partial charge in [0.1, 0.15) is 5.01 Å². The number of carbonyl (C=O) groups excluding carboxylic acids is 1. The van der Waals surface area contributed by atoms with Crippen LogP contribution in [0, 0.1) is 5.92 Å². The van der Waals surface area contributed by atoms with Crippen LogP contribution in [-0.2, 0) is 4.79 Å². The molecule has 0 spiro atoms. The Labute approximate surface area is 138 Å². The summed E-state index contributed by atoms with van der Waals surface area (Å²) in [4.78, 5) is 11.9. The average molecular weight is 347 g/mol. The van der Waals surface area contributed by atoms with Gasteiger partial charge in [0, 0.05) is 23.0 Å². The Morgan fingerprint density at radius 3 is 2.86 bits per heavy atom. The molecule has 2 N–H and O–H groups in total. The van der Waals surface area contributed by atoms with Crippen LogP contribution in [0.15, 0.2) is 24.3 Å². The summed E-state index contributed by atoms with van der Waals surface area (Å²) in [6.07, 6.45) is 0. The van der Waals surface area contributed by atoms with Crippen molar-refractivity contribution in [3.05, 3.63) is 29.3 Å². The minimum atomic E-state index is -0.126. The molecule has 114 valence electrons. The molecule has 2 aromatic rings. The van der Waals surface area contributed by atoms with E-state index in [-0.39, 0.29) is 24.2 Å². The molecule has 21 heavy (non-hydrogen) atoms. The van der Waals surface area contributed by atoms with Gasteiger partial charge in [-0.1, -0.05) is 42.0 Å². The van der Waals surface area contributed by atoms with E-state index in [0.717, 1.165) is 10.6 Å². The van der Waals surface area contributed by atoms with E-state index in [1.807, 2.05) is 32.2 Å². The zero-order valence-electron chi connectivity index (χ0n) is 11.6. The third kappa shape index (κ3) is 4.93. The maximum absolute atomic E-state index is 11.9. The van der Waals surface area contributed by atoms with Crippen LogP contribution in [-0.4, -0.2) is 29.7 Å². The summed E-state index contributed by atoms with van der Waals surface area (Å²) in [5.74, 6) is -0.202. The van der Waals surface area contributed by atoms with E-state index in [2.05, 4.69) is 20.8 Å². The van der Waals surface area contributed by atoms with E-state index in [1.165, 1.54) is 11.3 Å². The number of nitrogens with zero attached hydrogens (tertiary/aromatic N) is 2. The van der Waals surface area contributed by atoms with Gasteiger partial charge < -0.3 is 10.6 Å². The quantitative estimate of drug-likeness (QED) is 0.872. The van der Waals surface area contributed by atoms with Crippen molar-refractivity contribution in [2.24, 2.45) is 5.92 Å². The molecule has 0 aliphatic rings. The molecule has 5 nitrogen and oxygen atoms in total. The van der Waals surface area contributed by atoms with Crippen LogP contribution in [0.3, 0.4) is 0 Å². The predicted molar refractivity (Wildman–Crippen MR) is 89.3 cm³/mol. The third-order valence-corrected chi connectivity index (χ3v) is 3.81. The van der Waals surface area contributed by atoms with Gasteiger partial charge in [0.2, 0.25) is 11.0 Å². The van der Waals surface area contributed by atoms with Gasteiger partial charge in [0.25, 0.3) is 0 Å². The number of halogens is 2. The first-order valence-corrected chi connectivity index (χ1v) is 7.34. The molecule has 8 heteroatoms. The molecule has 0 aliphatic carbocycles. The molecule has 1 atom stereocenters. The van der Waals surface area contributed by atoms with Crippen LogP contribution in [0.5, 0.6) is 0 Å². The van der Waals surface area contributed by atoms with Crippen molar-refractivity contribution in [1.29, 1.82) is 0 Å². The lowest BCUT2D eigenvalue weighted by molar-refractivity contribution is -0.119. The van der Waals surface area contributed by atoms with Gasteiger partial charge in [0.15, 0.2) is 0 Å². The summed E-state index contributed by atoms with van der Waals surface area (Å²) in [5, 5.41) is 15.6. The van der Waals surface area contributed by atoms with Gasteiger partial charge >= 0.3 is 0 Å². The summed E-state index contributed by atoms with van der Waals surface area (Å²) in [6, 6.07) is 7.37. The van der Waals surface area contributed by atoms with Crippen LogP contribution in [0.1, 0.15) is 6.92 Å². The molecule has 0 aliphatic heterocycles. The maximum atomic E-state index is 11.9. The second-order valence-corrected chi connectivity index (χ2v) is 5.78. The Morgan fingerprint density at radius 1 is 1.43 bits per heavy atom. The van der Waals surface area contributed by atoms with E-state index in [1.54, 1.807) is 6.07 Å². The Bertz CT molecular complexity index is 605. The number of amides is 1. The number of hydrogen-bond donors (Lipinski definition) is 2. The van der Waals surface area contributed by atoms with E-state index >= 15 is 0 Å². The molecule has 0 radical (unpaired) electrons. The summed E-state index contributed by atoms with van der Waals surface area (Å²) in [6.45, 7) is 2.47. The molecule has 0 bridgehead atoms. The lowest BCUT2D eigenvalue weighted by Crippen LogP contribution is -2.28. The topological polar surface area (TPSA) is 66.9 Å². The van der Waals surface area contributed by atoms with Crippen LogP contribution in [0.25, 0.3) is 10.6 Å². The number of benzene rings is 1. The van der Waals surface area contributed by atoms with Crippen molar-refractivity contribution in [2.45, 2.75) is 6.92 Å². The first kappa shape index (κ1) is 17.8. The number of rotatable bonds is 5. The van der Waals surface area contributed by atoms with E-state index < -0.39 is 0 Å². The fourth-order valence-electron chi connectivity index (χ4n) is 1.64. The smallest absolute Gasteiger partial charge is 0.230 e. The average Bonchev–Trinajstić information content (AvgIpc) is 2.87. The minimum Gasteiger partial charge on any atom is -0.319 e. The highest BCUT2D eigenvalue weighted by Crippen LogP contribution is 2.28. The Hall–Kier alpha value is -1.21. The fourth-order valence-corrected chi connectivity index (χ4v) is 2.57. The normalized spacial score (nSPS) is 11.6. The van der Waals surface area contributed by atoms with E-state index in [0.29, 0.717) is 16.7 Å². The van der Waals surface area contributed by atoms with Gasteiger partial charge in [-0.05, 0) is 19.2 Å². The van der Waals surface area contributed by atoms with Gasteiger partial charge in [-0.25, -0.2) is 0 Å². The monoisotopic (exact) mass is 346 g/mol. The van der Waals surface area contributed by atoms with Crippen molar-refractivity contribution < 1.29 is 4.79 Å². The van der Waals surface area contributed by atoms with Gasteiger partial charge in [0.05, 0.1) is 0 Å². The standard InChI is InChI=1S/C13H15ClN4OS.ClH/c1-8(7-15-2)11(19)16-13-18-17-12(20-13)9-4-3-5-10(14)6-9;/h3-6,8,15H,7H2,1-2H3,(H,16,18,19);1H. The fraction of sp³-hybridized carbons (Fsp3) is 0.308. The SMILES string of the molecule is CNCC(C)C(=O)Nc1nnc(-c2cccc(Cl)c2)s1.Cl. The van der Waals surface area contributed by atoms with Crippen molar-refractivity contribution in [3.63, 3.8) is 0 Å². The lowest BCUT2D eigenvalue weighted by atomic mass is 10.2. The zero-order valence-corrected chi connectivity index (χ0v) is 14.0. The first-order chi connectivity index (χ1) is 9.60. The van der Waals surface area contributed by atoms with E-state index in [4.69, 9.17) is 11.6 Å². The number of carbonyl (C=O) groups is 1. The van der Waals surface area contributed by atoms with Crippen LogP contribution < -0.4 is 10.6 Å². The van der Waals surface area contributed by atoms with Crippen molar-refractivity contribution in [2.75, 3.05) is 18.9 Å².